The quantitative estimate of drug-likeness (QED) is 0.310. The van der Waals surface area contributed by atoms with Crippen LogP contribution < -0.4 is 4.70 Å². The Morgan fingerprint density at radius 1 is 0.640 bits per heavy atom. The largest absolute Gasteiger partial charge is 1.00 e. The molecule has 25 heavy (non-hydrogen) atoms. The van der Waals surface area contributed by atoms with Gasteiger partial charge in [-0.1, -0.05) is 66.7 Å². The molecule has 0 unspecified atom stereocenters. The Morgan fingerprint density at radius 3 is 1.08 bits per heavy atom. The molecule has 0 bridgehead atoms. The molecule has 0 aliphatic carbocycles. The van der Waals surface area contributed by atoms with E-state index in [2.05, 4.69) is 27.7 Å². The molecule has 0 spiro atoms. The molecule has 0 aromatic rings. The van der Waals surface area contributed by atoms with Crippen molar-refractivity contribution in [3.8, 4) is 0 Å². The number of carbonyl (C=O) groups is 1. The van der Waals surface area contributed by atoms with Crippen molar-refractivity contribution < 1.29 is 14.0 Å². The smallest absolute Gasteiger partial charge is 0.221 e. The summed E-state index contributed by atoms with van der Waals surface area (Å²) in [5.41, 5.74) is 0. The molecule has 0 radical (unpaired) electrons. The highest BCUT2D eigenvalue weighted by atomic mass is 35.5. The van der Waals surface area contributed by atoms with Crippen molar-refractivity contribution in [2.45, 2.75) is 105 Å². The fourth-order valence-electron chi connectivity index (χ4n) is 2.96. The van der Waals surface area contributed by atoms with Gasteiger partial charge in [-0.3, -0.25) is 4.79 Å². The number of rotatable bonds is 15. The van der Waals surface area contributed by atoms with E-state index in [1.807, 2.05) is 6.92 Å². The minimum atomic E-state index is -0.221. The Bertz CT molecular complexity index is 237. The number of nitrogens with zero attached hydrogens (tertiary/aromatic N) is 1. The summed E-state index contributed by atoms with van der Waals surface area (Å²) in [7, 11) is 0. The SMILES string of the molecule is CCCCC(=O)Cl.CCCC[N+](CCCC)(CCCC)CCCC.[F-]. The van der Waals surface area contributed by atoms with E-state index >= 15 is 0 Å². The molecule has 0 rings (SSSR count). The summed E-state index contributed by atoms with van der Waals surface area (Å²) in [4.78, 5) is 9.97. The molecule has 0 aliphatic rings. The zero-order valence-corrected chi connectivity index (χ0v) is 18.5. The molecule has 0 atom stereocenters. The maximum Gasteiger partial charge on any atom is 0.221 e. The normalized spacial score (nSPS) is 10.6. The lowest BCUT2D eigenvalue weighted by Crippen LogP contribution is -3.00. The Labute approximate surface area is 162 Å². The third-order valence-electron chi connectivity index (χ3n) is 4.67. The Kier molecular flexibility index (Phi) is 25.9. The summed E-state index contributed by atoms with van der Waals surface area (Å²) >= 11 is 5.02. The lowest BCUT2D eigenvalue weighted by molar-refractivity contribution is -0.929. The summed E-state index contributed by atoms with van der Waals surface area (Å²) < 4.78 is 1.42. The monoisotopic (exact) mass is 381 g/mol. The minimum absolute atomic E-state index is 0. The van der Waals surface area contributed by atoms with Gasteiger partial charge >= 0.3 is 0 Å². The zero-order valence-electron chi connectivity index (χ0n) is 17.7. The summed E-state index contributed by atoms with van der Waals surface area (Å²) in [5.74, 6) is 0. The average molecular weight is 382 g/mol. The van der Waals surface area contributed by atoms with Crippen LogP contribution in [0.5, 0.6) is 0 Å². The lowest BCUT2D eigenvalue weighted by atomic mass is 10.1. The van der Waals surface area contributed by atoms with E-state index in [9.17, 15) is 4.79 Å². The summed E-state index contributed by atoms with van der Waals surface area (Å²) in [6, 6.07) is 0. The summed E-state index contributed by atoms with van der Waals surface area (Å²) in [6.07, 6.45) is 13.5. The maximum absolute atomic E-state index is 9.97. The second-order valence-electron chi connectivity index (χ2n) is 7.11. The van der Waals surface area contributed by atoms with Crippen LogP contribution in [-0.4, -0.2) is 35.9 Å². The number of hydrogen-bond donors (Lipinski definition) is 0. The first-order chi connectivity index (χ1) is 11.5. The fourth-order valence-corrected chi connectivity index (χ4v) is 3.09. The highest BCUT2D eigenvalue weighted by molar-refractivity contribution is 6.63. The highest BCUT2D eigenvalue weighted by Crippen LogP contribution is 2.16. The van der Waals surface area contributed by atoms with Gasteiger partial charge in [0.25, 0.3) is 0 Å². The standard InChI is InChI=1S/C16H36N.C5H9ClO.FH/c1-5-9-13-17(14-10-6-2,15-11-7-3)16-12-8-4;1-2-3-4-5(6)7;/h5-16H2,1-4H3;2-4H2,1H3;1H/q+1;;/p-1. The van der Waals surface area contributed by atoms with Gasteiger partial charge in [0, 0.05) is 6.42 Å². The van der Waals surface area contributed by atoms with Crippen LogP contribution in [0.3, 0.4) is 0 Å². The third-order valence-corrected chi connectivity index (χ3v) is 4.86. The Hall–Kier alpha value is -0.150. The van der Waals surface area contributed by atoms with Gasteiger partial charge in [0.05, 0.1) is 26.2 Å². The van der Waals surface area contributed by atoms with Crippen molar-refractivity contribution in [3.05, 3.63) is 0 Å². The van der Waals surface area contributed by atoms with Gasteiger partial charge in [0.2, 0.25) is 5.24 Å². The molecule has 0 N–H and O–H groups in total. The molecular weight excluding hydrogens is 337 g/mol. The number of halogens is 2. The van der Waals surface area contributed by atoms with Crippen molar-refractivity contribution in [1.29, 1.82) is 0 Å². The molecule has 154 valence electrons. The van der Waals surface area contributed by atoms with E-state index < -0.39 is 0 Å². The molecule has 0 aromatic heterocycles. The van der Waals surface area contributed by atoms with Gasteiger partial charge in [-0.2, -0.15) is 0 Å². The number of unbranched alkanes of at least 4 members (excludes halogenated alkanes) is 5. The number of hydrogen-bond acceptors (Lipinski definition) is 1. The fraction of sp³-hybridized carbons (Fsp3) is 0.952. The van der Waals surface area contributed by atoms with Crippen LogP contribution in [-0.2, 0) is 4.79 Å². The number of carbonyl (C=O) groups excluding carboxylic acids is 1. The van der Waals surface area contributed by atoms with E-state index in [0.717, 1.165) is 12.8 Å². The second-order valence-corrected chi connectivity index (χ2v) is 7.53. The van der Waals surface area contributed by atoms with Crippen LogP contribution in [0.4, 0.5) is 0 Å². The number of quaternary nitrogens is 1. The summed E-state index contributed by atoms with van der Waals surface area (Å²) in [5, 5.41) is -0.221. The summed E-state index contributed by atoms with van der Waals surface area (Å²) in [6.45, 7) is 17.0. The van der Waals surface area contributed by atoms with Gasteiger partial charge in [-0.05, 0) is 43.7 Å². The van der Waals surface area contributed by atoms with Gasteiger partial charge in [0.15, 0.2) is 0 Å². The molecule has 0 amide bonds. The lowest BCUT2D eigenvalue weighted by Gasteiger charge is -2.39. The van der Waals surface area contributed by atoms with Crippen molar-refractivity contribution in [2.24, 2.45) is 0 Å². The van der Waals surface area contributed by atoms with Crippen LogP contribution in [0, 0.1) is 0 Å². The molecule has 0 aliphatic heterocycles. The van der Waals surface area contributed by atoms with E-state index in [4.69, 9.17) is 11.6 Å². The van der Waals surface area contributed by atoms with Crippen LogP contribution in [0.15, 0.2) is 0 Å². The van der Waals surface area contributed by atoms with Crippen molar-refractivity contribution >= 4 is 16.8 Å². The maximum atomic E-state index is 9.97. The third kappa shape index (κ3) is 20.0. The Balaban J connectivity index is -0.000000513. The van der Waals surface area contributed by atoms with Gasteiger partial charge in [0.1, 0.15) is 0 Å². The second kappa shape index (κ2) is 21.9. The molecule has 2 nitrogen and oxygen atoms in total. The van der Waals surface area contributed by atoms with E-state index in [0.29, 0.717) is 6.42 Å². The van der Waals surface area contributed by atoms with Crippen molar-refractivity contribution in [2.75, 3.05) is 26.2 Å². The van der Waals surface area contributed by atoms with E-state index in [-0.39, 0.29) is 9.95 Å². The molecule has 0 fully saturated rings. The first-order valence-electron chi connectivity index (χ1n) is 10.5. The first kappa shape index (κ1) is 29.6. The van der Waals surface area contributed by atoms with Crippen LogP contribution >= 0.6 is 11.6 Å². The minimum Gasteiger partial charge on any atom is -1.00 e. The molecule has 0 aromatic carbocycles. The first-order valence-corrected chi connectivity index (χ1v) is 10.9. The van der Waals surface area contributed by atoms with Crippen molar-refractivity contribution in [3.63, 3.8) is 0 Å². The van der Waals surface area contributed by atoms with E-state index in [1.165, 1.54) is 82.0 Å². The van der Waals surface area contributed by atoms with Crippen LogP contribution in [0.2, 0.25) is 0 Å². The molecular formula is C21H45ClFNO. The van der Waals surface area contributed by atoms with Crippen LogP contribution in [0.1, 0.15) is 105 Å². The van der Waals surface area contributed by atoms with E-state index in [1.54, 1.807) is 0 Å². The van der Waals surface area contributed by atoms with Gasteiger partial charge < -0.3 is 9.19 Å². The average Bonchev–Trinajstić information content (AvgIpc) is 2.59. The Morgan fingerprint density at radius 2 is 0.920 bits per heavy atom. The zero-order chi connectivity index (χ0) is 18.7. The predicted molar refractivity (Wildman–Crippen MR) is 110 cm³/mol. The van der Waals surface area contributed by atoms with Crippen LogP contribution in [0.25, 0.3) is 0 Å². The molecule has 0 saturated carbocycles. The highest BCUT2D eigenvalue weighted by Gasteiger charge is 2.24. The van der Waals surface area contributed by atoms with Gasteiger partial charge in [-0.25, -0.2) is 0 Å². The molecule has 0 saturated heterocycles. The predicted octanol–water partition coefficient (Wildman–Crippen LogP) is 3.95. The van der Waals surface area contributed by atoms with Gasteiger partial charge in [-0.15, -0.1) is 0 Å². The molecule has 4 heteroatoms. The topological polar surface area (TPSA) is 17.1 Å². The van der Waals surface area contributed by atoms with Crippen molar-refractivity contribution in [1.82, 2.24) is 0 Å². The molecule has 0 heterocycles.